The first-order valence-electron chi connectivity index (χ1n) is 9.16. The van der Waals surface area contributed by atoms with Gasteiger partial charge in [0, 0.05) is 19.8 Å². The lowest BCUT2D eigenvalue weighted by molar-refractivity contribution is -0.120. The molecule has 0 aromatic heterocycles. The molecule has 0 radical (unpaired) electrons. The van der Waals surface area contributed by atoms with Crippen molar-refractivity contribution in [3.05, 3.63) is 58.7 Å². The molecule has 1 unspecified atom stereocenters. The van der Waals surface area contributed by atoms with Crippen LogP contribution in [0.5, 0.6) is 0 Å². The van der Waals surface area contributed by atoms with Gasteiger partial charge < -0.3 is 10.6 Å². The number of benzene rings is 2. The number of hydrogen-bond acceptors (Lipinski definition) is 4. The van der Waals surface area contributed by atoms with Crippen molar-refractivity contribution >= 4 is 21.6 Å². The van der Waals surface area contributed by atoms with Gasteiger partial charge in [0.25, 0.3) is 0 Å². The molecule has 0 heterocycles. The molecule has 1 amide bonds. The highest BCUT2D eigenvalue weighted by Crippen LogP contribution is 2.22. The molecule has 28 heavy (non-hydrogen) atoms. The molecular formula is C21H29N3O3S. The van der Waals surface area contributed by atoms with E-state index in [0.29, 0.717) is 5.69 Å². The summed E-state index contributed by atoms with van der Waals surface area (Å²) < 4.78 is 25.8. The van der Waals surface area contributed by atoms with Gasteiger partial charge in [0.15, 0.2) is 0 Å². The third kappa shape index (κ3) is 5.11. The van der Waals surface area contributed by atoms with Crippen LogP contribution >= 0.6 is 0 Å². The van der Waals surface area contributed by atoms with E-state index in [1.54, 1.807) is 18.2 Å². The molecule has 6 nitrogen and oxygen atoms in total. The van der Waals surface area contributed by atoms with Crippen LogP contribution in [0.25, 0.3) is 0 Å². The lowest BCUT2D eigenvalue weighted by Gasteiger charge is -2.17. The lowest BCUT2D eigenvalue weighted by atomic mass is 10.0. The molecule has 2 N–H and O–H groups in total. The first-order valence-corrected chi connectivity index (χ1v) is 10.6. The Morgan fingerprint density at radius 3 is 2.25 bits per heavy atom. The number of nitrogens with zero attached hydrogens (tertiary/aromatic N) is 1. The SMILES string of the molecule is Cc1ccc(C(C)NC(=O)CNc2cc(S(=O)(=O)N(C)C)ccc2C)cc1C. The van der Waals surface area contributed by atoms with Crippen LogP contribution in [0.1, 0.15) is 35.2 Å². The molecule has 152 valence electrons. The monoisotopic (exact) mass is 403 g/mol. The molecule has 0 spiro atoms. The van der Waals surface area contributed by atoms with E-state index in [1.165, 1.54) is 29.5 Å². The number of nitrogens with one attached hydrogen (secondary N) is 2. The summed E-state index contributed by atoms with van der Waals surface area (Å²) in [7, 11) is -0.545. The average molecular weight is 404 g/mol. The summed E-state index contributed by atoms with van der Waals surface area (Å²) >= 11 is 0. The third-order valence-corrected chi connectivity index (χ3v) is 6.65. The number of carbonyl (C=O) groups excluding carboxylic acids is 1. The van der Waals surface area contributed by atoms with Crippen LogP contribution in [0.15, 0.2) is 41.3 Å². The maximum absolute atomic E-state index is 12.4. The second-order valence-corrected chi connectivity index (χ2v) is 9.40. The minimum Gasteiger partial charge on any atom is -0.376 e. The van der Waals surface area contributed by atoms with Gasteiger partial charge in [-0.15, -0.1) is 0 Å². The van der Waals surface area contributed by atoms with Gasteiger partial charge in [-0.3, -0.25) is 4.79 Å². The van der Waals surface area contributed by atoms with Crippen LogP contribution in [0.2, 0.25) is 0 Å². The molecule has 0 saturated carbocycles. The summed E-state index contributed by atoms with van der Waals surface area (Å²) in [5.41, 5.74) is 4.94. The number of carbonyl (C=O) groups is 1. The third-order valence-electron chi connectivity index (χ3n) is 4.84. The Kier molecular flexibility index (Phi) is 6.85. The second kappa shape index (κ2) is 8.75. The molecular weight excluding hydrogens is 374 g/mol. The maximum Gasteiger partial charge on any atom is 0.242 e. The largest absolute Gasteiger partial charge is 0.376 e. The van der Waals surface area contributed by atoms with Crippen LogP contribution in [0.3, 0.4) is 0 Å². The highest BCUT2D eigenvalue weighted by molar-refractivity contribution is 7.89. The van der Waals surface area contributed by atoms with Gasteiger partial charge in [-0.1, -0.05) is 24.3 Å². The Bertz CT molecular complexity index is 969. The smallest absolute Gasteiger partial charge is 0.242 e. The summed E-state index contributed by atoms with van der Waals surface area (Å²) in [6, 6.07) is 10.9. The van der Waals surface area contributed by atoms with Crippen molar-refractivity contribution in [3.63, 3.8) is 0 Å². The first kappa shape index (κ1) is 21.9. The van der Waals surface area contributed by atoms with Gasteiger partial charge in [0.05, 0.1) is 17.5 Å². The topological polar surface area (TPSA) is 78.5 Å². The summed E-state index contributed by atoms with van der Waals surface area (Å²) in [6.07, 6.45) is 0. The predicted octanol–water partition coefficient (Wildman–Crippen LogP) is 3.15. The summed E-state index contributed by atoms with van der Waals surface area (Å²) in [4.78, 5) is 12.5. The van der Waals surface area contributed by atoms with Gasteiger partial charge in [-0.05, 0) is 62.1 Å². The Hall–Kier alpha value is -2.38. The fourth-order valence-electron chi connectivity index (χ4n) is 2.75. The van der Waals surface area contributed by atoms with Gasteiger partial charge >= 0.3 is 0 Å². The highest BCUT2D eigenvalue weighted by atomic mass is 32.2. The number of hydrogen-bond donors (Lipinski definition) is 2. The van der Waals surface area contributed by atoms with E-state index in [9.17, 15) is 13.2 Å². The van der Waals surface area contributed by atoms with E-state index >= 15 is 0 Å². The molecule has 2 aromatic carbocycles. The van der Waals surface area contributed by atoms with Crippen LogP contribution in [-0.2, 0) is 14.8 Å². The molecule has 0 aliphatic rings. The Balaban J connectivity index is 2.05. The first-order chi connectivity index (χ1) is 13.0. The maximum atomic E-state index is 12.4. The van der Waals surface area contributed by atoms with Gasteiger partial charge in [-0.25, -0.2) is 12.7 Å². The van der Waals surface area contributed by atoms with E-state index in [2.05, 4.69) is 23.6 Å². The van der Waals surface area contributed by atoms with Crippen molar-refractivity contribution in [1.82, 2.24) is 9.62 Å². The van der Waals surface area contributed by atoms with E-state index in [4.69, 9.17) is 0 Å². The zero-order valence-electron chi connectivity index (χ0n) is 17.3. The second-order valence-electron chi connectivity index (χ2n) is 7.25. The molecule has 0 aliphatic carbocycles. The fourth-order valence-corrected chi connectivity index (χ4v) is 3.68. The standard InChI is InChI=1S/C21H29N3O3S/c1-14-7-9-18(11-16(14)3)17(4)23-21(25)13-22-20-12-19(10-8-15(20)2)28(26,27)24(5)6/h7-12,17,22H,13H2,1-6H3,(H,23,25). The Labute approximate surface area is 168 Å². The molecule has 2 aromatic rings. The predicted molar refractivity (Wildman–Crippen MR) is 113 cm³/mol. The van der Waals surface area contributed by atoms with Crippen LogP contribution in [-0.4, -0.2) is 39.3 Å². The van der Waals surface area contributed by atoms with Crippen molar-refractivity contribution < 1.29 is 13.2 Å². The Morgan fingerprint density at radius 1 is 1.00 bits per heavy atom. The van der Waals surface area contributed by atoms with Crippen molar-refractivity contribution in [3.8, 4) is 0 Å². The lowest BCUT2D eigenvalue weighted by Crippen LogP contribution is -2.32. The zero-order chi connectivity index (χ0) is 21.1. The van der Waals surface area contributed by atoms with E-state index < -0.39 is 10.0 Å². The fraction of sp³-hybridized carbons (Fsp3) is 0.381. The van der Waals surface area contributed by atoms with E-state index in [0.717, 1.165) is 11.1 Å². The molecule has 0 saturated heterocycles. The highest BCUT2D eigenvalue weighted by Gasteiger charge is 2.18. The Morgan fingerprint density at radius 2 is 1.64 bits per heavy atom. The number of sulfonamides is 1. The van der Waals surface area contributed by atoms with Crippen molar-refractivity contribution in [1.29, 1.82) is 0 Å². The molecule has 7 heteroatoms. The van der Waals surface area contributed by atoms with Gasteiger partial charge in [0.1, 0.15) is 0 Å². The molecule has 1 atom stereocenters. The number of amides is 1. The number of rotatable bonds is 7. The van der Waals surface area contributed by atoms with Crippen LogP contribution < -0.4 is 10.6 Å². The van der Waals surface area contributed by atoms with E-state index in [1.807, 2.05) is 32.9 Å². The van der Waals surface area contributed by atoms with Crippen LogP contribution in [0.4, 0.5) is 5.69 Å². The van der Waals surface area contributed by atoms with E-state index in [-0.39, 0.29) is 23.4 Å². The van der Waals surface area contributed by atoms with Crippen molar-refractivity contribution in [2.75, 3.05) is 26.0 Å². The minimum absolute atomic E-state index is 0.0570. The normalized spacial score (nSPS) is 12.7. The molecule has 0 bridgehead atoms. The molecule has 0 fully saturated rings. The minimum atomic E-state index is -3.52. The zero-order valence-corrected chi connectivity index (χ0v) is 18.1. The van der Waals surface area contributed by atoms with Crippen LogP contribution in [0, 0.1) is 20.8 Å². The number of aryl methyl sites for hydroxylation is 3. The molecule has 0 aliphatic heterocycles. The van der Waals surface area contributed by atoms with Gasteiger partial charge in [-0.2, -0.15) is 0 Å². The van der Waals surface area contributed by atoms with Gasteiger partial charge in [0.2, 0.25) is 15.9 Å². The van der Waals surface area contributed by atoms with Crippen molar-refractivity contribution in [2.45, 2.75) is 38.6 Å². The van der Waals surface area contributed by atoms with Crippen molar-refractivity contribution in [2.24, 2.45) is 0 Å². The summed E-state index contributed by atoms with van der Waals surface area (Å²) in [5.74, 6) is -0.161. The number of anilines is 1. The quantitative estimate of drug-likeness (QED) is 0.744. The average Bonchev–Trinajstić information content (AvgIpc) is 2.62. The summed E-state index contributed by atoms with van der Waals surface area (Å²) in [5, 5.41) is 6.01. The summed E-state index contributed by atoms with van der Waals surface area (Å²) in [6.45, 7) is 7.97. The molecule has 2 rings (SSSR count).